The van der Waals surface area contributed by atoms with Gasteiger partial charge in [-0.25, -0.2) is 19.7 Å². The number of thiazole rings is 1. The Labute approximate surface area is 160 Å². The molecule has 8 nitrogen and oxygen atoms in total. The molecule has 0 fully saturated rings. The van der Waals surface area contributed by atoms with Gasteiger partial charge in [-0.2, -0.15) is 0 Å². The van der Waals surface area contributed by atoms with Gasteiger partial charge < -0.3 is 15.2 Å². The third kappa shape index (κ3) is 4.15. The molecule has 3 rings (SSSR count). The van der Waals surface area contributed by atoms with Crippen LogP contribution in [0.2, 0.25) is 0 Å². The number of hydrogen-bond acceptors (Lipinski definition) is 7. The molecule has 3 N–H and O–H groups in total. The number of nitrogens with one attached hydrogen (secondary N) is 2. The molecule has 0 aliphatic heterocycles. The van der Waals surface area contributed by atoms with E-state index in [1.165, 1.54) is 11.3 Å². The Bertz CT molecular complexity index is 964. The Hall–Kier alpha value is -2.78. The summed E-state index contributed by atoms with van der Waals surface area (Å²) in [7, 11) is 1.59. The first-order chi connectivity index (χ1) is 12.8. The van der Waals surface area contributed by atoms with Crippen molar-refractivity contribution in [2.75, 3.05) is 19.0 Å². The summed E-state index contributed by atoms with van der Waals surface area (Å²) in [5, 5.41) is 15.9. The number of ether oxygens (including phenoxy) is 1. The van der Waals surface area contributed by atoms with Crippen molar-refractivity contribution in [2.45, 2.75) is 26.4 Å². The van der Waals surface area contributed by atoms with Gasteiger partial charge in [0, 0.05) is 36.1 Å². The van der Waals surface area contributed by atoms with Crippen LogP contribution in [-0.2, 0) is 5.60 Å². The molecule has 142 valence electrons. The van der Waals surface area contributed by atoms with Gasteiger partial charge in [0.2, 0.25) is 0 Å². The minimum absolute atomic E-state index is 0.292. The Morgan fingerprint density at radius 2 is 2.00 bits per heavy atom. The fourth-order valence-corrected chi connectivity index (χ4v) is 3.36. The highest BCUT2D eigenvalue weighted by molar-refractivity contribution is 7.22. The number of carbonyl (C=O) groups is 1. The lowest BCUT2D eigenvalue weighted by atomic mass is 10.1. The van der Waals surface area contributed by atoms with E-state index >= 15 is 0 Å². The number of urea groups is 1. The van der Waals surface area contributed by atoms with E-state index in [-0.39, 0.29) is 6.03 Å². The van der Waals surface area contributed by atoms with Gasteiger partial charge in [-0.05, 0) is 26.8 Å². The molecule has 9 heteroatoms. The van der Waals surface area contributed by atoms with Crippen molar-refractivity contribution in [3.05, 3.63) is 30.4 Å². The van der Waals surface area contributed by atoms with Gasteiger partial charge >= 0.3 is 6.03 Å². The summed E-state index contributed by atoms with van der Waals surface area (Å²) in [6.07, 6.45) is 3.29. The number of fused-ring (bicyclic) bond motifs is 1. The van der Waals surface area contributed by atoms with Crippen molar-refractivity contribution in [1.82, 2.24) is 20.3 Å². The fraction of sp³-hybridized carbons (Fsp3) is 0.333. The molecule has 3 aromatic rings. The topological polar surface area (TPSA) is 109 Å². The van der Waals surface area contributed by atoms with Crippen LogP contribution < -0.4 is 15.4 Å². The highest BCUT2D eigenvalue weighted by Gasteiger charge is 2.20. The number of methoxy groups -OCH3 is 1. The predicted octanol–water partition coefficient (Wildman–Crippen LogP) is 3.13. The molecule has 2 aromatic heterocycles. The lowest BCUT2D eigenvalue weighted by Crippen LogP contribution is -2.28. The van der Waals surface area contributed by atoms with Gasteiger partial charge in [-0.3, -0.25) is 5.32 Å². The largest absolute Gasteiger partial charge is 0.496 e. The number of carbonyl (C=O) groups excluding carboxylic acids is 1. The zero-order valence-electron chi connectivity index (χ0n) is 15.5. The second kappa shape index (κ2) is 7.45. The van der Waals surface area contributed by atoms with Crippen LogP contribution in [0.25, 0.3) is 21.3 Å². The van der Waals surface area contributed by atoms with E-state index in [0.717, 1.165) is 21.3 Å². The van der Waals surface area contributed by atoms with Gasteiger partial charge in [0.1, 0.15) is 11.4 Å². The maximum absolute atomic E-state index is 11.7. The fourth-order valence-electron chi connectivity index (χ4n) is 2.49. The average molecular weight is 387 g/mol. The second-order valence-corrected chi connectivity index (χ2v) is 7.41. The summed E-state index contributed by atoms with van der Waals surface area (Å²) in [6.45, 7) is 5.65. The molecule has 0 spiro atoms. The number of nitrogens with zero attached hydrogens (tertiary/aromatic N) is 3. The van der Waals surface area contributed by atoms with Crippen molar-refractivity contribution >= 4 is 32.7 Å². The summed E-state index contributed by atoms with van der Waals surface area (Å²) in [5.74, 6) is 0.990. The maximum atomic E-state index is 11.7. The van der Waals surface area contributed by atoms with E-state index in [0.29, 0.717) is 23.3 Å². The molecule has 0 radical (unpaired) electrons. The van der Waals surface area contributed by atoms with Gasteiger partial charge in [-0.1, -0.05) is 11.3 Å². The van der Waals surface area contributed by atoms with Gasteiger partial charge in [0.15, 0.2) is 11.0 Å². The zero-order chi connectivity index (χ0) is 19.6. The van der Waals surface area contributed by atoms with E-state index in [9.17, 15) is 9.90 Å². The molecule has 0 aliphatic carbocycles. The minimum atomic E-state index is -1.11. The highest BCUT2D eigenvalue weighted by Crippen LogP contribution is 2.37. The lowest BCUT2D eigenvalue weighted by Gasteiger charge is -2.15. The minimum Gasteiger partial charge on any atom is -0.496 e. The molecule has 27 heavy (non-hydrogen) atoms. The van der Waals surface area contributed by atoms with Gasteiger partial charge in [0.25, 0.3) is 0 Å². The first-order valence-corrected chi connectivity index (χ1v) is 9.22. The van der Waals surface area contributed by atoms with Crippen LogP contribution in [0.3, 0.4) is 0 Å². The number of benzene rings is 1. The third-order valence-electron chi connectivity index (χ3n) is 3.78. The highest BCUT2D eigenvalue weighted by atomic mass is 32.1. The Morgan fingerprint density at radius 1 is 1.30 bits per heavy atom. The number of aromatic nitrogens is 3. The van der Waals surface area contributed by atoms with Crippen molar-refractivity contribution < 1.29 is 14.6 Å². The van der Waals surface area contributed by atoms with E-state index in [1.807, 2.05) is 19.1 Å². The van der Waals surface area contributed by atoms with Crippen molar-refractivity contribution in [3.63, 3.8) is 0 Å². The van der Waals surface area contributed by atoms with Crippen LogP contribution in [0.15, 0.2) is 24.5 Å². The van der Waals surface area contributed by atoms with E-state index in [4.69, 9.17) is 4.74 Å². The predicted molar refractivity (Wildman–Crippen MR) is 105 cm³/mol. The molecule has 0 saturated heterocycles. The number of aliphatic hydroxyl groups is 1. The zero-order valence-corrected chi connectivity index (χ0v) is 16.3. The normalized spacial score (nSPS) is 11.4. The smallest absolute Gasteiger partial charge is 0.321 e. The third-order valence-corrected chi connectivity index (χ3v) is 4.71. The lowest BCUT2D eigenvalue weighted by molar-refractivity contribution is 0.0687. The summed E-state index contributed by atoms with van der Waals surface area (Å²) in [4.78, 5) is 24.7. The maximum Gasteiger partial charge on any atom is 0.321 e. The quantitative estimate of drug-likeness (QED) is 0.620. The first-order valence-electron chi connectivity index (χ1n) is 8.40. The molecule has 0 saturated carbocycles. The van der Waals surface area contributed by atoms with Crippen LogP contribution in [-0.4, -0.2) is 39.7 Å². The van der Waals surface area contributed by atoms with Crippen LogP contribution in [0.1, 0.15) is 26.6 Å². The molecule has 0 aliphatic rings. The van der Waals surface area contributed by atoms with Gasteiger partial charge in [0.05, 0.1) is 17.3 Å². The molecule has 2 amide bonds. The molecule has 2 heterocycles. The summed E-state index contributed by atoms with van der Waals surface area (Å²) < 4.78 is 6.39. The standard InChI is InChI=1S/C18H21N5O3S/c1-5-19-16(24)23-17-22-12-6-11(13(26-4)7-14(12)27-17)10-8-20-15(21-9-10)18(2,3)25/h6-9,25H,5H2,1-4H3,(H2,19,22,23,24). The Balaban J connectivity index is 1.98. The van der Waals surface area contributed by atoms with Crippen molar-refractivity contribution in [1.29, 1.82) is 0 Å². The van der Waals surface area contributed by atoms with Crippen LogP contribution in [0, 0.1) is 0 Å². The van der Waals surface area contributed by atoms with Crippen LogP contribution in [0.5, 0.6) is 5.75 Å². The number of hydrogen-bond donors (Lipinski definition) is 3. The van der Waals surface area contributed by atoms with Crippen LogP contribution >= 0.6 is 11.3 Å². The van der Waals surface area contributed by atoms with Crippen LogP contribution in [0.4, 0.5) is 9.93 Å². The van der Waals surface area contributed by atoms with E-state index < -0.39 is 5.60 Å². The molecule has 1 aromatic carbocycles. The summed E-state index contributed by atoms with van der Waals surface area (Å²) in [6, 6.07) is 3.45. The molecular weight excluding hydrogens is 366 g/mol. The van der Waals surface area contributed by atoms with E-state index in [2.05, 4.69) is 25.6 Å². The van der Waals surface area contributed by atoms with Crippen molar-refractivity contribution in [3.8, 4) is 16.9 Å². The second-order valence-electron chi connectivity index (χ2n) is 6.38. The summed E-state index contributed by atoms with van der Waals surface area (Å²) >= 11 is 1.36. The Morgan fingerprint density at radius 3 is 2.59 bits per heavy atom. The monoisotopic (exact) mass is 387 g/mol. The molecule has 0 bridgehead atoms. The molecular formula is C18H21N5O3S. The van der Waals surface area contributed by atoms with E-state index in [1.54, 1.807) is 33.4 Å². The number of anilines is 1. The van der Waals surface area contributed by atoms with Gasteiger partial charge in [-0.15, -0.1) is 0 Å². The molecule has 0 atom stereocenters. The number of rotatable bonds is 5. The average Bonchev–Trinajstić information content (AvgIpc) is 3.01. The molecule has 0 unspecified atom stereocenters. The Kier molecular flexibility index (Phi) is 5.24. The number of amides is 2. The first kappa shape index (κ1) is 19.0. The van der Waals surface area contributed by atoms with Crippen molar-refractivity contribution in [2.24, 2.45) is 0 Å². The summed E-state index contributed by atoms with van der Waals surface area (Å²) in [5.41, 5.74) is 1.14. The SMILES string of the molecule is CCNC(=O)Nc1nc2cc(-c3cnc(C(C)(C)O)nc3)c(OC)cc2s1.